The van der Waals surface area contributed by atoms with E-state index in [4.69, 9.17) is 5.26 Å². The Morgan fingerprint density at radius 1 is 0.964 bits per heavy atom. The van der Waals surface area contributed by atoms with Gasteiger partial charge in [0.2, 0.25) is 0 Å². The van der Waals surface area contributed by atoms with Crippen LogP contribution in [0.2, 0.25) is 0 Å². The first-order valence-corrected chi connectivity index (χ1v) is 8.53. The van der Waals surface area contributed by atoms with Crippen LogP contribution >= 0.6 is 0 Å². The van der Waals surface area contributed by atoms with Crippen LogP contribution in [-0.4, -0.2) is 9.97 Å². The summed E-state index contributed by atoms with van der Waals surface area (Å²) in [6, 6.07) is 16.9. The molecule has 2 heterocycles. The van der Waals surface area contributed by atoms with E-state index in [1.165, 1.54) is 6.07 Å². The summed E-state index contributed by atoms with van der Waals surface area (Å²) in [5.74, 6) is -1.34. The Kier molecular flexibility index (Phi) is 4.42. The molecule has 2 aromatic heterocycles. The molecule has 0 radical (unpaired) electrons. The molecule has 28 heavy (non-hydrogen) atoms. The topological polar surface area (TPSA) is 61.6 Å². The number of fused-ring (bicyclic) bond motifs is 1. The van der Waals surface area contributed by atoms with Crippen molar-refractivity contribution in [2.75, 3.05) is 5.32 Å². The van der Waals surface area contributed by atoms with Crippen molar-refractivity contribution in [1.82, 2.24) is 9.97 Å². The molecule has 4 nitrogen and oxygen atoms in total. The van der Waals surface area contributed by atoms with Gasteiger partial charge in [0.05, 0.1) is 0 Å². The number of pyridine rings is 2. The molecule has 6 heteroatoms. The predicted molar refractivity (Wildman–Crippen MR) is 104 cm³/mol. The Bertz CT molecular complexity index is 1210. The lowest BCUT2D eigenvalue weighted by atomic mass is 10.1. The minimum absolute atomic E-state index is 0.129. The third-order valence-corrected chi connectivity index (χ3v) is 4.34. The van der Waals surface area contributed by atoms with Crippen LogP contribution in [0.3, 0.4) is 0 Å². The van der Waals surface area contributed by atoms with E-state index in [0.29, 0.717) is 22.5 Å². The molecule has 4 aromatic rings. The summed E-state index contributed by atoms with van der Waals surface area (Å²) >= 11 is 0. The number of nitriles is 1. The lowest BCUT2D eigenvalue weighted by Gasteiger charge is -2.12. The highest BCUT2D eigenvalue weighted by molar-refractivity contribution is 5.93. The molecular weight excluding hydrogens is 358 g/mol. The van der Waals surface area contributed by atoms with E-state index >= 15 is 0 Å². The average Bonchev–Trinajstić information content (AvgIpc) is 2.69. The number of nitrogens with one attached hydrogen (secondary N) is 1. The van der Waals surface area contributed by atoms with Crippen molar-refractivity contribution in [3.05, 3.63) is 83.8 Å². The van der Waals surface area contributed by atoms with Crippen molar-refractivity contribution in [2.45, 2.75) is 6.92 Å². The molecule has 0 fully saturated rings. The van der Waals surface area contributed by atoms with Gasteiger partial charge in [-0.2, -0.15) is 5.26 Å². The minimum Gasteiger partial charge on any atom is -0.355 e. The van der Waals surface area contributed by atoms with Crippen molar-refractivity contribution in [3.8, 4) is 17.2 Å². The largest absolute Gasteiger partial charge is 0.355 e. The third kappa shape index (κ3) is 3.38. The van der Waals surface area contributed by atoms with E-state index in [0.717, 1.165) is 22.9 Å². The number of hydrogen-bond donors (Lipinski definition) is 1. The first-order valence-electron chi connectivity index (χ1n) is 8.53. The first-order chi connectivity index (χ1) is 13.5. The highest BCUT2D eigenvalue weighted by atomic mass is 19.1. The van der Waals surface area contributed by atoms with Gasteiger partial charge in [-0.3, -0.25) is 0 Å². The quantitative estimate of drug-likeness (QED) is 0.516. The molecule has 0 aliphatic carbocycles. The Labute approximate surface area is 160 Å². The summed E-state index contributed by atoms with van der Waals surface area (Å²) in [6.07, 6.45) is 1.65. The smallest absolute Gasteiger partial charge is 0.152 e. The molecular formula is C22H14F2N4. The zero-order chi connectivity index (χ0) is 19.7. The fraction of sp³-hybridized carbons (Fsp3) is 0.0455. The molecule has 0 bridgehead atoms. The van der Waals surface area contributed by atoms with Crippen molar-refractivity contribution in [2.24, 2.45) is 0 Å². The van der Waals surface area contributed by atoms with Crippen LogP contribution in [-0.2, 0) is 0 Å². The molecule has 0 unspecified atom stereocenters. The van der Waals surface area contributed by atoms with E-state index in [9.17, 15) is 8.78 Å². The number of aryl methyl sites for hydroxylation is 1. The zero-order valence-corrected chi connectivity index (χ0v) is 14.9. The molecule has 0 aliphatic rings. The van der Waals surface area contributed by atoms with Gasteiger partial charge in [-0.05, 0) is 48.9 Å². The fourth-order valence-electron chi connectivity index (χ4n) is 3.02. The van der Waals surface area contributed by atoms with Crippen molar-refractivity contribution < 1.29 is 8.78 Å². The van der Waals surface area contributed by atoms with Gasteiger partial charge in [0.1, 0.15) is 23.1 Å². The Morgan fingerprint density at radius 2 is 1.71 bits per heavy atom. The summed E-state index contributed by atoms with van der Waals surface area (Å²) in [6.45, 7) is 1.76. The van der Waals surface area contributed by atoms with Gasteiger partial charge in [0.25, 0.3) is 0 Å². The SMILES string of the molecule is Cc1cc(Nc2ccc(-c3ccc(C#N)nc3)cc2)c2cc(F)cc(F)c2n1. The molecule has 0 amide bonds. The van der Waals surface area contributed by atoms with Crippen LogP contribution in [0, 0.1) is 29.9 Å². The van der Waals surface area contributed by atoms with E-state index in [1.807, 2.05) is 36.4 Å². The number of hydrogen-bond acceptors (Lipinski definition) is 4. The second-order valence-corrected chi connectivity index (χ2v) is 6.34. The van der Waals surface area contributed by atoms with E-state index in [2.05, 4.69) is 15.3 Å². The molecule has 1 N–H and O–H groups in total. The normalized spacial score (nSPS) is 10.6. The van der Waals surface area contributed by atoms with Gasteiger partial charge in [-0.15, -0.1) is 0 Å². The Morgan fingerprint density at radius 3 is 2.39 bits per heavy atom. The van der Waals surface area contributed by atoms with E-state index < -0.39 is 11.6 Å². The van der Waals surface area contributed by atoms with Gasteiger partial charge in [-0.1, -0.05) is 12.1 Å². The van der Waals surface area contributed by atoms with Gasteiger partial charge in [-0.25, -0.2) is 18.7 Å². The molecule has 0 saturated carbocycles. The second kappa shape index (κ2) is 7.05. The van der Waals surface area contributed by atoms with Crippen LogP contribution in [0.1, 0.15) is 11.4 Å². The van der Waals surface area contributed by atoms with Crippen LogP contribution in [0.4, 0.5) is 20.2 Å². The van der Waals surface area contributed by atoms with Crippen molar-refractivity contribution in [3.63, 3.8) is 0 Å². The minimum atomic E-state index is -0.689. The van der Waals surface area contributed by atoms with Gasteiger partial charge in [0, 0.05) is 40.3 Å². The number of nitrogens with zero attached hydrogens (tertiary/aromatic N) is 3. The summed E-state index contributed by atoms with van der Waals surface area (Å²) in [7, 11) is 0. The summed E-state index contributed by atoms with van der Waals surface area (Å²) < 4.78 is 27.8. The molecule has 0 saturated heterocycles. The van der Waals surface area contributed by atoms with Gasteiger partial charge in [0.15, 0.2) is 5.82 Å². The molecule has 4 rings (SSSR count). The predicted octanol–water partition coefficient (Wildman–Crippen LogP) is 5.50. The number of aromatic nitrogens is 2. The Hall–Kier alpha value is -3.85. The molecule has 0 spiro atoms. The van der Waals surface area contributed by atoms with Gasteiger partial charge < -0.3 is 5.32 Å². The zero-order valence-electron chi connectivity index (χ0n) is 14.9. The maximum atomic E-state index is 14.1. The standard InChI is InChI=1S/C22H14F2N4/c1-13-8-21(19-9-16(23)10-20(24)22(19)27-13)28-17-5-2-14(3-6-17)15-4-7-18(11-25)26-12-15/h2-10,12H,1H3,(H,27,28). The van der Waals surface area contributed by atoms with E-state index in [-0.39, 0.29) is 5.52 Å². The first kappa shape index (κ1) is 17.6. The fourth-order valence-corrected chi connectivity index (χ4v) is 3.02. The maximum absolute atomic E-state index is 14.1. The monoisotopic (exact) mass is 372 g/mol. The molecule has 0 atom stereocenters. The van der Waals surface area contributed by atoms with Crippen molar-refractivity contribution >= 4 is 22.3 Å². The summed E-state index contributed by atoms with van der Waals surface area (Å²) in [4.78, 5) is 8.24. The van der Waals surface area contributed by atoms with Crippen LogP contribution in [0.5, 0.6) is 0 Å². The maximum Gasteiger partial charge on any atom is 0.152 e. The lowest BCUT2D eigenvalue weighted by Crippen LogP contribution is -1.97. The highest BCUT2D eigenvalue weighted by Crippen LogP contribution is 2.30. The summed E-state index contributed by atoms with van der Waals surface area (Å²) in [5, 5.41) is 12.4. The second-order valence-electron chi connectivity index (χ2n) is 6.34. The number of anilines is 2. The molecule has 2 aromatic carbocycles. The number of halogens is 2. The average molecular weight is 372 g/mol. The number of rotatable bonds is 3. The highest BCUT2D eigenvalue weighted by Gasteiger charge is 2.11. The van der Waals surface area contributed by atoms with Crippen molar-refractivity contribution in [1.29, 1.82) is 5.26 Å². The lowest BCUT2D eigenvalue weighted by molar-refractivity contribution is 0.590. The number of benzene rings is 2. The summed E-state index contributed by atoms with van der Waals surface area (Å²) in [5.41, 5.74) is 4.29. The third-order valence-electron chi connectivity index (χ3n) is 4.34. The van der Waals surface area contributed by atoms with Crippen LogP contribution in [0.15, 0.2) is 60.8 Å². The molecule has 136 valence electrons. The van der Waals surface area contributed by atoms with E-state index in [1.54, 1.807) is 25.3 Å². The molecule has 0 aliphatic heterocycles. The van der Waals surface area contributed by atoms with Gasteiger partial charge >= 0.3 is 0 Å². The Balaban J connectivity index is 1.67. The van der Waals surface area contributed by atoms with Crippen LogP contribution < -0.4 is 5.32 Å². The van der Waals surface area contributed by atoms with Crippen LogP contribution in [0.25, 0.3) is 22.0 Å².